The Morgan fingerprint density at radius 2 is 1.19 bits per heavy atom. The van der Waals surface area contributed by atoms with Gasteiger partial charge in [0.2, 0.25) is 0 Å². The summed E-state index contributed by atoms with van der Waals surface area (Å²) in [5, 5.41) is 0.604. The summed E-state index contributed by atoms with van der Waals surface area (Å²) in [6.45, 7) is 0. The number of carbonyl (C=O) groups is 2. The Morgan fingerprint density at radius 1 is 0.692 bits per heavy atom. The molecule has 0 unspecified atom stereocenters. The highest BCUT2D eigenvalue weighted by molar-refractivity contribution is 6.30. The summed E-state index contributed by atoms with van der Waals surface area (Å²) in [6, 6.07) is 25.7. The van der Waals surface area contributed by atoms with E-state index in [4.69, 9.17) is 11.6 Å². The van der Waals surface area contributed by atoms with Crippen molar-refractivity contribution >= 4 is 23.2 Å². The van der Waals surface area contributed by atoms with E-state index in [1.165, 1.54) is 0 Å². The second-order valence-electron chi connectivity index (χ2n) is 6.24. The van der Waals surface area contributed by atoms with E-state index in [1.807, 2.05) is 54.6 Å². The molecule has 2 nitrogen and oxygen atoms in total. The zero-order chi connectivity index (χ0) is 18.4. The van der Waals surface area contributed by atoms with Crippen molar-refractivity contribution in [3.05, 3.63) is 107 Å². The van der Waals surface area contributed by atoms with Crippen LogP contribution in [-0.4, -0.2) is 11.6 Å². The molecule has 0 aliphatic heterocycles. The number of hydrogen-bond donors (Lipinski definition) is 0. The number of halogens is 1. The zero-order valence-corrected chi connectivity index (χ0v) is 15.0. The van der Waals surface area contributed by atoms with Gasteiger partial charge in [0.05, 0.1) is 0 Å². The van der Waals surface area contributed by atoms with Gasteiger partial charge >= 0.3 is 0 Å². The average Bonchev–Trinajstić information content (AvgIpc) is 2.68. The third kappa shape index (κ3) is 4.68. The largest absolute Gasteiger partial charge is 0.294 e. The maximum Gasteiger partial charge on any atom is 0.163 e. The van der Waals surface area contributed by atoms with Crippen LogP contribution in [0.25, 0.3) is 0 Å². The molecule has 0 atom stereocenters. The predicted octanol–water partition coefficient (Wildman–Crippen LogP) is 5.97. The van der Waals surface area contributed by atoms with Crippen LogP contribution in [0.15, 0.2) is 84.9 Å². The molecule has 0 heterocycles. The maximum atomic E-state index is 12.7. The fourth-order valence-electron chi connectivity index (χ4n) is 3.00. The highest BCUT2D eigenvalue weighted by Crippen LogP contribution is 2.29. The first-order chi connectivity index (χ1) is 12.6. The van der Waals surface area contributed by atoms with Gasteiger partial charge in [0.25, 0.3) is 0 Å². The Kier molecular flexibility index (Phi) is 5.98. The Labute approximate surface area is 158 Å². The molecule has 0 spiro atoms. The van der Waals surface area contributed by atoms with Crippen molar-refractivity contribution in [2.24, 2.45) is 0 Å². The molecule has 3 heteroatoms. The van der Waals surface area contributed by atoms with Crippen LogP contribution in [0, 0.1) is 0 Å². The van der Waals surface area contributed by atoms with E-state index in [9.17, 15) is 9.59 Å². The van der Waals surface area contributed by atoms with E-state index in [2.05, 4.69) is 0 Å². The van der Waals surface area contributed by atoms with Gasteiger partial charge in [-0.15, -0.1) is 0 Å². The molecule has 130 valence electrons. The van der Waals surface area contributed by atoms with E-state index < -0.39 is 0 Å². The number of rotatable bonds is 7. The lowest BCUT2D eigenvalue weighted by Crippen LogP contribution is -2.12. The Morgan fingerprint density at radius 3 is 1.65 bits per heavy atom. The molecule has 0 N–H and O–H groups in total. The van der Waals surface area contributed by atoms with Crippen LogP contribution >= 0.6 is 11.6 Å². The minimum Gasteiger partial charge on any atom is -0.294 e. The Bertz CT molecular complexity index is 835. The van der Waals surface area contributed by atoms with Crippen LogP contribution in [0.5, 0.6) is 0 Å². The average molecular weight is 363 g/mol. The van der Waals surface area contributed by atoms with Gasteiger partial charge in [-0.05, 0) is 23.6 Å². The van der Waals surface area contributed by atoms with Crippen molar-refractivity contribution in [3.8, 4) is 0 Å². The molecule has 0 saturated carbocycles. The van der Waals surface area contributed by atoms with E-state index in [0.29, 0.717) is 16.1 Å². The SMILES string of the molecule is O=C(CC(CC(=O)c1ccccc1)c1cccc(Cl)c1)c1ccccc1. The van der Waals surface area contributed by atoms with Crippen LogP contribution in [0.3, 0.4) is 0 Å². The first-order valence-corrected chi connectivity index (χ1v) is 8.93. The monoisotopic (exact) mass is 362 g/mol. The Balaban J connectivity index is 1.84. The van der Waals surface area contributed by atoms with Crippen LogP contribution in [0.4, 0.5) is 0 Å². The Hall–Kier alpha value is -2.71. The number of benzene rings is 3. The lowest BCUT2D eigenvalue weighted by atomic mass is 9.86. The van der Waals surface area contributed by atoms with E-state index in [-0.39, 0.29) is 30.3 Å². The highest BCUT2D eigenvalue weighted by Gasteiger charge is 2.21. The molecule has 0 amide bonds. The summed E-state index contributed by atoms with van der Waals surface area (Å²) in [4.78, 5) is 25.4. The van der Waals surface area contributed by atoms with Crippen molar-refractivity contribution in [2.45, 2.75) is 18.8 Å². The molecule has 26 heavy (non-hydrogen) atoms. The molecular weight excluding hydrogens is 344 g/mol. The fourth-order valence-corrected chi connectivity index (χ4v) is 3.20. The van der Waals surface area contributed by atoms with Crippen molar-refractivity contribution < 1.29 is 9.59 Å². The van der Waals surface area contributed by atoms with Gasteiger partial charge in [0, 0.05) is 29.0 Å². The summed E-state index contributed by atoms with van der Waals surface area (Å²) >= 11 is 6.13. The van der Waals surface area contributed by atoms with Crippen LogP contribution < -0.4 is 0 Å². The smallest absolute Gasteiger partial charge is 0.163 e. The van der Waals surface area contributed by atoms with Gasteiger partial charge in [-0.2, -0.15) is 0 Å². The van der Waals surface area contributed by atoms with E-state index in [0.717, 1.165) is 5.56 Å². The summed E-state index contributed by atoms with van der Waals surface area (Å²) < 4.78 is 0. The van der Waals surface area contributed by atoms with E-state index >= 15 is 0 Å². The van der Waals surface area contributed by atoms with Gasteiger partial charge in [0.1, 0.15) is 0 Å². The second kappa shape index (κ2) is 8.59. The summed E-state index contributed by atoms with van der Waals surface area (Å²) in [5.41, 5.74) is 2.23. The molecule has 0 aliphatic carbocycles. The lowest BCUT2D eigenvalue weighted by molar-refractivity contribution is 0.0944. The lowest BCUT2D eigenvalue weighted by Gasteiger charge is -2.17. The highest BCUT2D eigenvalue weighted by atomic mass is 35.5. The summed E-state index contributed by atoms with van der Waals surface area (Å²) in [5.74, 6) is -0.165. The normalized spacial score (nSPS) is 10.7. The molecule has 3 aromatic carbocycles. The van der Waals surface area contributed by atoms with Gasteiger partial charge in [-0.1, -0.05) is 84.4 Å². The molecule has 0 aliphatic rings. The number of hydrogen-bond acceptors (Lipinski definition) is 2. The number of Topliss-reactive ketones (excluding diaryl/α,β-unsaturated/α-hetero) is 2. The zero-order valence-electron chi connectivity index (χ0n) is 14.3. The fraction of sp³-hybridized carbons (Fsp3) is 0.130. The van der Waals surface area contributed by atoms with Crippen LogP contribution in [0.2, 0.25) is 5.02 Å². The maximum absolute atomic E-state index is 12.7. The second-order valence-corrected chi connectivity index (χ2v) is 6.68. The molecule has 0 saturated heterocycles. The third-order valence-corrected chi connectivity index (χ3v) is 4.61. The molecule has 0 radical (unpaired) electrons. The van der Waals surface area contributed by atoms with Crippen molar-refractivity contribution in [1.29, 1.82) is 0 Å². The van der Waals surface area contributed by atoms with Crippen molar-refractivity contribution in [2.75, 3.05) is 0 Å². The summed E-state index contributed by atoms with van der Waals surface area (Å²) in [7, 11) is 0. The number of carbonyl (C=O) groups excluding carboxylic acids is 2. The van der Waals surface area contributed by atoms with Gasteiger partial charge < -0.3 is 0 Å². The predicted molar refractivity (Wildman–Crippen MR) is 105 cm³/mol. The standard InChI is InChI=1S/C23H19ClO2/c24-21-13-7-12-19(14-21)20(15-22(25)17-8-3-1-4-9-17)16-23(26)18-10-5-2-6-11-18/h1-14,20H,15-16H2. The topological polar surface area (TPSA) is 34.1 Å². The molecule has 0 aromatic heterocycles. The number of ketones is 2. The third-order valence-electron chi connectivity index (χ3n) is 4.38. The van der Waals surface area contributed by atoms with E-state index in [1.54, 1.807) is 30.3 Å². The molecule has 3 rings (SSSR count). The minimum absolute atomic E-state index is 0.0245. The van der Waals surface area contributed by atoms with Gasteiger partial charge in [-0.25, -0.2) is 0 Å². The minimum atomic E-state index is -0.214. The molecule has 0 fully saturated rings. The molecule has 3 aromatic rings. The summed E-state index contributed by atoms with van der Waals surface area (Å²) in [6.07, 6.45) is 0.534. The van der Waals surface area contributed by atoms with Gasteiger partial charge in [-0.3, -0.25) is 9.59 Å². The van der Waals surface area contributed by atoms with Crippen LogP contribution in [-0.2, 0) is 0 Å². The van der Waals surface area contributed by atoms with Crippen LogP contribution in [0.1, 0.15) is 45.0 Å². The van der Waals surface area contributed by atoms with Gasteiger partial charge in [0.15, 0.2) is 11.6 Å². The van der Waals surface area contributed by atoms with Crippen molar-refractivity contribution in [3.63, 3.8) is 0 Å². The van der Waals surface area contributed by atoms with Crippen molar-refractivity contribution in [1.82, 2.24) is 0 Å². The first kappa shape index (κ1) is 18.1. The molecule has 0 bridgehead atoms. The molecular formula is C23H19ClO2. The quantitative estimate of drug-likeness (QED) is 0.485. The first-order valence-electron chi connectivity index (χ1n) is 8.55.